The van der Waals surface area contributed by atoms with Gasteiger partial charge in [0.15, 0.2) is 5.82 Å². The Morgan fingerprint density at radius 3 is 2.79 bits per heavy atom. The van der Waals surface area contributed by atoms with E-state index >= 15 is 0 Å². The van der Waals surface area contributed by atoms with E-state index in [1.54, 1.807) is 42.2 Å². The van der Waals surface area contributed by atoms with E-state index in [1.165, 1.54) is 0 Å². The average molecular weight is 449 g/mol. The van der Waals surface area contributed by atoms with E-state index in [2.05, 4.69) is 10.1 Å². The van der Waals surface area contributed by atoms with Gasteiger partial charge in [-0.15, -0.1) is 0 Å². The highest BCUT2D eigenvalue weighted by atomic mass is 16.5. The molecule has 2 aromatic carbocycles. The van der Waals surface area contributed by atoms with Crippen LogP contribution in [0.3, 0.4) is 0 Å². The van der Waals surface area contributed by atoms with E-state index < -0.39 is 0 Å². The van der Waals surface area contributed by atoms with Gasteiger partial charge < -0.3 is 19.1 Å². The van der Waals surface area contributed by atoms with Crippen molar-refractivity contribution in [3.63, 3.8) is 0 Å². The minimum atomic E-state index is -0.238. The Bertz CT molecular complexity index is 1100. The Hall–Kier alpha value is -3.68. The van der Waals surface area contributed by atoms with Gasteiger partial charge in [-0.3, -0.25) is 9.59 Å². The van der Waals surface area contributed by atoms with Crippen LogP contribution in [0.2, 0.25) is 0 Å². The third-order valence-electron chi connectivity index (χ3n) is 5.85. The Kier molecular flexibility index (Phi) is 7.02. The fourth-order valence-electron chi connectivity index (χ4n) is 4.06. The van der Waals surface area contributed by atoms with Gasteiger partial charge >= 0.3 is 0 Å². The quantitative estimate of drug-likeness (QED) is 0.523. The third-order valence-corrected chi connectivity index (χ3v) is 5.85. The zero-order valence-corrected chi connectivity index (χ0v) is 18.9. The summed E-state index contributed by atoms with van der Waals surface area (Å²) in [6.07, 6.45) is 2.28. The maximum absolute atomic E-state index is 13.1. The second kappa shape index (κ2) is 10.3. The molecular formula is C25H28N4O4. The van der Waals surface area contributed by atoms with Gasteiger partial charge in [0.05, 0.1) is 13.2 Å². The zero-order chi connectivity index (χ0) is 23.2. The van der Waals surface area contributed by atoms with E-state index in [0.29, 0.717) is 42.5 Å². The van der Waals surface area contributed by atoms with Crippen LogP contribution in [0.15, 0.2) is 59.1 Å². The molecule has 1 aromatic heterocycles. The Balaban J connectivity index is 1.36. The maximum Gasteiger partial charge on any atom is 0.254 e. The van der Waals surface area contributed by atoms with E-state index in [4.69, 9.17) is 9.26 Å². The van der Waals surface area contributed by atoms with E-state index in [9.17, 15) is 9.59 Å². The summed E-state index contributed by atoms with van der Waals surface area (Å²) in [6.45, 7) is 1.19. The Morgan fingerprint density at radius 1 is 1.18 bits per heavy atom. The number of ether oxygens (including phenoxy) is 1. The molecule has 1 aliphatic heterocycles. The van der Waals surface area contributed by atoms with Gasteiger partial charge in [-0.25, -0.2) is 0 Å². The molecule has 0 radical (unpaired) electrons. The van der Waals surface area contributed by atoms with E-state index in [1.807, 2.05) is 36.4 Å². The molecule has 172 valence electrons. The van der Waals surface area contributed by atoms with Gasteiger partial charge in [0.2, 0.25) is 11.8 Å². The van der Waals surface area contributed by atoms with Crippen LogP contribution >= 0.6 is 0 Å². The highest BCUT2D eigenvalue weighted by Gasteiger charge is 2.34. The lowest BCUT2D eigenvalue weighted by Gasteiger charge is -2.22. The number of amides is 2. The van der Waals surface area contributed by atoms with Crippen LogP contribution in [0.4, 0.5) is 0 Å². The molecular weight excluding hydrogens is 420 g/mol. The molecule has 0 saturated carbocycles. The minimum Gasteiger partial charge on any atom is -0.497 e. The molecule has 2 heterocycles. The van der Waals surface area contributed by atoms with Crippen LogP contribution < -0.4 is 4.74 Å². The monoisotopic (exact) mass is 448 g/mol. The number of carbonyl (C=O) groups is 2. The third kappa shape index (κ3) is 5.39. The highest BCUT2D eigenvalue weighted by Crippen LogP contribution is 2.32. The fraction of sp³-hybridized carbons (Fsp3) is 0.360. The number of hydrogen-bond donors (Lipinski definition) is 0. The van der Waals surface area contributed by atoms with Crippen molar-refractivity contribution < 1.29 is 18.8 Å². The topological polar surface area (TPSA) is 88.8 Å². The van der Waals surface area contributed by atoms with Gasteiger partial charge in [0.25, 0.3) is 5.91 Å². The summed E-state index contributed by atoms with van der Waals surface area (Å²) in [6, 6.07) is 16.7. The van der Waals surface area contributed by atoms with Crippen molar-refractivity contribution in [2.24, 2.45) is 0 Å². The van der Waals surface area contributed by atoms with Gasteiger partial charge in [-0.1, -0.05) is 41.6 Å². The molecule has 1 aliphatic rings. The standard InChI is InChI=1S/C25H28N4O4/c1-28(17-18-8-4-3-5-9-18)23(30)14-13-22-26-24(27-33-22)21-12-7-15-29(21)25(31)19-10-6-11-20(16-19)32-2/h3-6,8-11,16,21H,7,12-15,17H2,1-2H3. The van der Waals surface area contributed by atoms with Crippen molar-refractivity contribution in [2.75, 3.05) is 20.7 Å². The first-order valence-corrected chi connectivity index (χ1v) is 11.1. The van der Waals surface area contributed by atoms with Crippen LogP contribution in [-0.4, -0.2) is 52.5 Å². The van der Waals surface area contributed by atoms with Gasteiger partial charge in [0, 0.05) is 38.5 Å². The molecule has 33 heavy (non-hydrogen) atoms. The molecule has 8 heteroatoms. The van der Waals surface area contributed by atoms with Crippen LogP contribution in [0.25, 0.3) is 0 Å². The minimum absolute atomic E-state index is 0.00861. The second-order valence-corrected chi connectivity index (χ2v) is 8.17. The van der Waals surface area contributed by atoms with Crippen molar-refractivity contribution >= 4 is 11.8 Å². The highest BCUT2D eigenvalue weighted by molar-refractivity contribution is 5.95. The number of benzene rings is 2. The first-order chi connectivity index (χ1) is 16.0. The average Bonchev–Trinajstić information content (AvgIpc) is 3.52. The van der Waals surface area contributed by atoms with Crippen molar-refractivity contribution in [1.29, 1.82) is 0 Å². The first kappa shape index (κ1) is 22.5. The molecule has 3 aromatic rings. The van der Waals surface area contributed by atoms with E-state index in [-0.39, 0.29) is 24.3 Å². The predicted molar refractivity (Wildman–Crippen MR) is 122 cm³/mol. The zero-order valence-electron chi connectivity index (χ0n) is 18.9. The largest absolute Gasteiger partial charge is 0.497 e. The van der Waals surface area contributed by atoms with E-state index in [0.717, 1.165) is 18.4 Å². The predicted octanol–water partition coefficient (Wildman–Crippen LogP) is 3.65. The summed E-state index contributed by atoms with van der Waals surface area (Å²) in [5.74, 6) is 1.46. The fourth-order valence-corrected chi connectivity index (χ4v) is 4.06. The van der Waals surface area contributed by atoms with Crippen LogP contribution in [-0.2, 0) is 17.8 Å². The number of aromatic nitrogens is 2. The summed E-state index contributed by atoms with van der Waals surface area (Å²) in [5, 5.41) is 4.12. The van der Waals surface area contributed by atoms with Gasteiger partial charge in [-0.2, -0.15) is 4.98 Å². The molecule has 1 atom stereocenters. The number of nitrogens with zero attached hydrogens (tertiary/aromatic N) is 4. The second-order valence-electron chi connectivity index (χ2n) is 8.17. The molecule has 1 unspecified atom stereocenters. The molecule has 1 saturated heterocycles. The van der Waals surface area contributed by atoms with Gasteiger partial charge in [0.1, 0.15) is 5.75 Å². The van der Waals surface area contributed by atoms with Gasteiger partial charge in [-0.05, 0) is 36.6 Å². The van der Waals surface area contributed by atoms with Crippen molar-refractivity contribution in [3.8, 4) is 5.75 Å². The summed E-state index contributed by atoms with van der Waals surface area (Å²) >= 11 is 0. The van der Waals surface area contributed by atoms with Crippen LogP contribution in [0.1, 0.15) is 52.9 Å². The number of methoxy groups -OCH3 is 1. The number of aryl methyl sites for hydroxylation is 1. The lowest BCUT2D eigenvalue weighted by molar-refractivity contribution is -0.130. The summed E-state index contributed by atoms with van der Waals surface area (Å²) in [7, 11) is 3.36. The number of carbonyl (C=O) groups excluding carboxylic acids is 2. The molecule has 0 bridgehead atoms. The Labute approximate surface area is 193 Å². The number of hydrogen-bond acceptors (Lipinski definition) is 6. The maximum atomic E-state index is 13.1. The van der Waals surface area contributed by atoms with Crippen molar-refractivity contribution in [2.45, 2.75) is 38.3 Å². The lowest BCUT2D eigenvalue weighted by atomic mass is 10.1. The molecule has 8 nitrogen and oxygen atoms in total. The van der Waals surface area contributed by atoms with Crippen LogP contribution in [0.5, 0.6) is 5.75 Å². The van der Waals surface area contributed by atoms with Crippen LogP contribution in [0, 0.1) is 0 Å². The molecule has 0 N–H and O–H groups in total. The number of rotatable bonds is 8. The summed E-state index contributed by atoms with van der Waals surface area (Å²) < 4.78 is 10.6. The normalized spacial score (nSPS) is 15.5. The van der Waals surface area contributed by atoms with Crippen molar-refractivity contribution in [3.05, 3.63) is 77.4 Å². The number of likely N-dealkylation sites (tertiary alicyclic amines) is 1. The Morgan fingerprint density at radius 2 is 2.00 bits per heavy atom. The molecule has 0 spiro atoms. The summed E-state index contributed by atoms with van der Waals surface area (Å²) in [5.41, 5.74) is 1.65. The first-order valence-electron chi connectivity index (χ1n) is 11.1. The van der Waals surface area contributed by atoms with Crippen molar-refractivity contribution in [1.82, 2.24) is 19.9 Å². The molecule has 0 aliphatic carbocycles. The molecule has 1 fully saturated rings. The molecule has 4 rings (SSSR count). The smallest absolute Gasteiger partial charge is 0.254 e. The SMILES string of the molecule is COc1cccc(C(=O)N2CCCC2c2noc(CCC(=O)N(C)Cc3ccccc3)n2)c1. The molecule has 2 amide bonds. The lowest BCUT2D eigenvalue weighted by Crippen LogP contribution is -2.31. The summed E-state index contributed by atoms with van der Waals surface area (Å²) in [4.78, 5) is 33.6.